The third kappa shape index (κ3) is 7.17. The van der Waals surface area contributed by atoms with Crippen molar-refractivity contribution < 1.29 is 4.79 Å². The molecule has 0 spiro atoms. The normalized spacial score (nSPS) is 10.7. The van der Waals surface area contributed by atoms with E-state index < -0.39 is 0 Å². The number of aromatic nitrogens is 4. The number of unbranched alkanes of at least 4 members (excludes halogenated alkanes) is 4. The minimum Gasteiger partial charge on any atom is -0.309 e. The second-order valence-electron chi connectivity index (χ2n) is 8.43. The van der Waals surface area contributed by atoms with Crippen molar-refractivity contribution in [2.24, 2.45) is 0 Å². The quantitative estimate of drug-likeness (QED) is 0.287. The summed E-state index contributed by atoms with van der Waals surface area (Å²) < 4.78 is 1.76. The standard InChI is InChI=1S/C28H30N6O/c29-26-19-17-25(23-14-8-5-9-15-23)33-34(26)21-11-3-1-2-10-16-28(35)30-27-20-18-24(31-32-27)22-12-6-4-7-13-22/h4-9,12-15,17-20,29H,1-3,10-11,16,21H2,(H,30,32,35). The van der Waals surface area contributed by atoms with Gasteiger partial charge >= 0.3 is 0 Å². The first-order valence-corrected chi connectivity index (χ1v) is 12.1. The van der Waals surface area contributed by atoms with Crippen LogP contribution >= 0.6 is 0 Å². The SMILES string of the molecule is N=c1ccc(-c2ccccc2)nn1CCCCCCCC(=O)Nc1ccc(-c2ccccc2)nn1. The van der Waals surface area contributed by atoms with Crippen molar-refractivity contribution in [3.63, 3.8) is 0 Å². The van der Waals surface area contributed by atoms with E-state index in [4.69, 9.17) is 5.41 Å². The molecule has 0 fully saturated rings. The minimum atomic E-state index is -0.0388. The fraction of sp³-hybridized carbons (Fsp3) is 0.250. The number of anilines is 1. The van der Waals surface area contributed by atoms with Gasteiger partial charge in [0.1, 0.15) is 5.49 Å². The molecule has 0 aliphatic carbocycles. The molecular formula is C28H30N6O. The van der Waals surface area contributed by atoms with Gasteiger partial charge in [0.15, 0.2) is 5.82 Å². The number of aryl methyl sites for hydroxylation is 1. The summed E-state index contributed by atoms with van der Waals surface area (Å²) in [7, 11) is 0. The zero-order chi connectivity index (χ0) is 24.3. The monoisotopic (exact) mass is 466 g/mol. The van der Waals surface area contributed by atoms with Gasteiger partial charge in [0, 0.05) is 24.1 Å². The first-order chi connectivity index (χ1) is 17.2. The number of hydrogen-bond acceptors (Lipinski definition) is 5. The number of carbonyl (C=O) groups excluding carboxylic acids is 1. The Morgan fingerprint density at radius 3 is 2.03 bits per heavy atom. The summed E-state index contributed by atoms with van der Waals surface area (Å²) in [5, 5.41) is 23.9. The molecule has 0 saturated carbocycles. The van der Waals surface area contributed by atoms with Crippen LogP contribution in [0.25, 0.3) is 22.5 Å². The highest BCUT2D eigenvalue weighted by Gasteiger charge is 2.06. The topological polar surface area (TPSA) is 96.5 Å². The van der Waals surface area contributed by atoms with E-state index in [0.29, 0.717) is 17.7 Å². The van der Waals surface area contributed by atoms with Crippen molar-refractivity contribution in [1.82, 2.24) is 20.0 Å². The van der Waals surface area contributed by atoms with Crippen LogP contribution in [0, 0.1) is 5.41 Å². The number of hydrogen-bond donors (Lipinski definition) is 2. The third-order valence-corrected chi connectivity index (χ3v) is 5.75. The van der Waals surface area contributed by atoms with Crippen LogP contribution in [0.5, 0.6) is 0 Å². The summed E-state index contributed by atoms with van der Waals surface area (Å²) >= 11 is 0. The Hall–Kier alpha value is -4.13. The molecule has 0 bridgehead atoms. The van der Waals surface area contributed by atoms with Gasteiger partial charge in [-0.05, 0) is 37.1 Å². The number of nitrogens with zero attached hydrogens (tertiary/aromatic N) is 4. The highest BCUT2D eigenvalue weighted by molar-refractivity contribution is 5.89. The van der Waals surface area contributed by atoms with E-state index in [-0.39, 0.29) is 5.91 Å². The lowest BCUT2D eigenvalue weighted by Crippen LogP contribution is -2.22. The van der Waals surface area contributed by atoms with Crippen LogP contribution in [-0.2, 0) is 11.3 Å². The number of amides is 1. The van der Waals surface area contributed by atoms with Crippen LogP contribution in [0.4, 0.5) is 5.82 Å². The molecule has 4 aromatic rings. The lowest BCUT2D eigenvalue weighted by atomic mass is 10.1. The summed E-state index contributed by atoms with van der Waals surface area (Å²) in [4.78, 5) is 12.2. The lowest BCUT2D eigenvalue weighted by Gasteiger charge is -2.08. The van der Waals surface area contributed by atoms with Crippen LogP contribution in [-0.4, -0.2) is 25.9 Å². The molecule has 2 heterocycles. The van der Waals surface area contributed by atoms with E-state index in [0.717, 1.165) is 61.2 Å². The fourth-order valence-corrected chi connectivity index (χ4v) is 3.84. The minimum absolute atomic E-state index is 0.0388. The zero-order valence-electron chi connectivity index (χ0n) is 19.7. The number of nitrogens with one attached hydrogen (secondary N) is 2. The molecule has 4 rings (SSSR count). The van der Waals surface area contributed by atoms with Gasteiger partial charge in [0.2, 0.25) is 5.91 Å². The van der Waals surface area contributed by atoms with Crippen LogP contribution in [0.3, 0.4) is 0 Å². The van der Waals surface area contributed by atoms with Crippen molar-refractivity contribution >= 4 is 11.7 Å². The number of carbonyl (C=O) groups is 1. The summed E-state index contributed by atoms with van der Waals surface area (Å²) in [5.74, 6) is 0.436. The number of rotatable bonds is 11. The summed E-state index contributed by atoms with van der Waals surface area (Å²) in [6.07, 6.45) is 5.33. The van der Waals surface area contributed by atoms with Crippen molar-refractivity contribution in [3.8, 4) is 22.5 Å². The molecule has 0 aliphatic rings. The summed E-state index contributed by atoms with van der Waals surface area (Å²) in [6.45, 7) is 0.720. The Bertz CT molecular complexity index is 1270. The van der Waals surface area contributed by atoms with Crippen LogP contribution in [0.15, 0.2) is 84.9 Å². The van der Waals surface area contributed by atoms with Gasteiger partial charge in [-0.15, -0.1) is 10.2 Å². The Balaban J connectivity index is 1.13. The smallest absolute Gasteiger partial charge is 0.225 e. The molecule has 178 valence electrons. The molecule has 0 saturated heterocycles. The molecule has 7 nitrogen and oxygen atoms in total. The van der Waals surface area contributed by atoms with E-state index in [2.05, 4.69) is 20.6 Å². The van der Waals surface area contributed by atoms with E-state index in [1.807, 2.05) is 72.8 Å². The lowest BCUT2D eigenvalue weighted by molar-refractivity contribution is -0.116. The zero-order valence-corrected chi connectivity index (χ0v) is 19.7. The van der Waals surface area contributed by atoms with Gasteiger partial charge in [0.25, 0.3) is 0 Å². The van der Waals surface area contributed by atoms with Gasteiger partial charge in [0.05, 0.1) is 11.4 Å². The fourth-order valence-electron chi connectivity index (χ4n) is 3.84. The van der Waals surface area contributed by atoms with Crippen molar-refractivity contribution in [1.29, 1.82) is 5.41 Å². The Morgan fingerprint density at radius 2 is 1.34 bits per heavy atom. The van der Waals surface area contributed by atoms with E-state index >= 15 is 0 Å². The van der Waals surface area contributed by atoms with Gasteiger partial charge in [-0.3, -0.25) is 10.2 Å². The molecule has 0 aliphatic heterocycles. The molecule has 0 atom stereocenters. The van der Waals surface area contributed by atoms with E-state index in [1.165, 1.54) is 0 Å². The van der Waals surface area contributed by atoms with Crippen molar-refractivity contribution in [2.45, 2.75) is 45.1 Å². The average molecular weight is 467 g/mol. The largest absolute Gasteiger partial charge is 0.309 e. The Kier molecular flexibility index (Phi) is 8.48. The van der Waals surface area contributed by atoms with Crippen molar-refractivity contribution in [3.05, 3.63) is 90.4 Å². The summed E-state index contributed by atoms with van der Waals surface area (Å²) in [5.41, 5.74) is 4.13. The molecule has 7 heteroatoms. The molecular weight excluding hydrogens is 436 g/mol. The van der Waals surface area contributed by atoms with Crippen molar-refractivity contribution in [2.75, 3.05) is 5.32 Å². The first-order valence-electron chi connectivity index (χ1n) is 12.1. The van der Waals surface area contributed by atoms with Gasteiger partial charge in [-0.1, -0.05) is 79.9 Å². The van der Waals surface area contributed by atoms with Crippen LogP contribution < -0.4 is 10.8 Å². The van der Waals surface area contributed by atoms with E-state index in [1.54, 1.807) is 16.8 Å². The second-order valence-corrected chi connectivity index (χ2v) is 8.43. The molecule has 35 heavy (non-hydrogen) atoms. The second kappa shape index (κ2) is 12.4. The predicted molar refractivity (Wildman–Crippen MR) is 137 cm³/mol. The molecule has 0 unspecified atom stereocenters. The highest BCUT2D eigenvalue weighted by Crippen LogP contribution is 2.17. The maximum Gasteiger partial charge on any atom is 0.225 e. The Morgan fingerprint density at radius 1 is 0.714 bits per heavy atom. The van der Waals surface area contributed by atoms with Gasteiger partial charge in [-0.25, -0.2) is 4.68 Å². The molecule has 0 radical (unpaired) electrons. The van der Waals surface area contributed by atoms with Gasteiger partial charge < -0.3 is 5.32 Å². The first kappa shape index (κ1) is 24.0. The maximum atomic E-state index is 12.2. The molecule has 2 N–H and O–H groups in total. The van der Waals surface area contributed by atoms with Crippen LogP contribution in [0.1, 0.15) is 38.5 Å². The highest BCUT2D eigenvalue weighted by atomic mass is 16.1. The maximum absolute atomic E-state index is 12.2. The van der Waals surface area contributed by atoms with E-state index in [9.17, 15) is 4.79 Å². The third-order valence-electron chi connectivity index (χ3n) is 5.75. The number of benzene rings is 2. The van der Waals surface area contributed by atoms with Crippen LogP contribution in [0.2, 0.25) is 0 Å². The Labute approximate surface area is 205 Å². The molecule has 2 aromatic carbocycles. The van der Waals surface area contributed by atoms with Gasteiger partial charge in [-0.2, -0.15) is 5.10 Å². The molecule has 2 aromatic heterocycles. The average Bonchev–Trinajstić information content (AvgIpc) is 2.90. The molecule has 1 amide bonds. The summed E-state index contributed by atoms with van der Waals surface area (Å²) in [6, 6.07) is 27.2. The predicted octanol–water partition coefficient (Wildman–Crippen LogP) is 5.47.